The first-order valence-corrected chi connectivity index (χ1v) is 6.87. The molecule has 18 heavy (non-hydrogen) atoms. The maximum atomic E-state index is 5.85. The number of benzene rings is 1. The fourth-order valence-corrected chi connectivity index (χ4v) is 2.29. The van der Waals surface area contributed by atoms with E-state index in [4.69, 9.17) is 26.8 Å². The van der Waals surface area contributed by atoms with Crippen LogP contribution in [-0.2, 0) is 4.74 Å². The summed E-state index contributed by atoms with van der Waals surface area (Å²) in [5.74, 6) is 0.827. The molecule has 1 aromatic carbocycles. The molecule has 2 N–H and O–H groups in total. The highest BCUT2D eigenvalue weighted by molar-refractivity contribution is 6.30. The van der Waals surface area contributed by atoms with Gasteiger partial charge in [-0.15, -0.1) is 0 Å². The average Bonchev–Trinajstić information content (AvgIpc) is 2.39. The maximum absolute atomic E-state index is 5.85. The van der Waals surface area contributed by atoms with Crippen LogP contribution in [0.3, 0.4) is 0 Å². The quantitative estimate of drug-likeness (QED) is 0.836. The molecule has 1 saturated carbocycles. The van der Waals surface area contributed by atoms with Crippen LogP contribution in [0.25, 0.3) is 0 Å². The van der Waals surface area contributed by atoms with Gasteiger partial charge in [0, 0.05) is 11.1 Å². The van der Waals surface area contributed by atoms with Crippen LogP contribution < -0.4 is 10.5 Å². The van der Waals surface area contributed by atoms with Gasteiger partial charge in [-0.25, -0.2) is 0 Å². The first-order chi connectivity index (χ1) is 8.74. The second-order valence-corrected chi connectivity index (χ2v) is 5.15. The predicted molar refractivity (Wildman–Crippen MR) is 73.1 cm³/mol. The van der Waals surface area contributed by atoms with E-state index in [0.717, 1.165) is 36.5 Å². The molecular weight excluding hydrogens is 250 g/mol. The van der Waals surface area contributed by atoms with Crippen LogP contribution in [0.2, 0.25) is 5.02 Å². The fraction of sp³-hybridized carbons (Fsp3) is 0.571. The summed E-state index contributed by atoms with van der Waals surface area (Å²) in [5, 5.41) is 0.720. The van der Waals surface area contributed by atoms with Gasteiger partial charge in [-0.1, -0.05) is 11.6 Å². The summed E-state index contributed by atoms with van der Waals surface area (Å²) >= 11 is 5.80. The largest absolute Gasteiger partial charge is 0.491 e. The third-order valence-corrected chi connectivity index (χ3v) is 3.49. The molecule has 1 aliphatic rings. The van der Waals surface area contributed by atoms with E-state index in [1.165, 1.54) is 0 Å². The summed E-state index contributed by atoms with van der Waals surface area (Å²) in [7, 11) is 0. The predicted octanol–water partition coefficient (Wildman–Crippen LogP) is 3.01. The molecule has 0 radical (unpaired) electrons. The van der Waals surface area contributed by atoms with Crippen LogP contribution in [0.5, 0.6) is 5.75 Å². The number of hydrogen-bond donors (Lipinski definition) is 1. The van der Waals surface area contributed by atoms with Gasteiger partial charge >= 0.3 is 0 Å². The van der Waals surface area contributed by atoms with Gasteiger partial charge in [0.1, 0.15) is 12.4 Å². The van der Waals surface area contributed by atoms with Crippen molar-refractivity contribution in [2.45, 2.75) is 37.8 Å². The Balaban J connectivity index is 1.60. The van der Waals surface area contributed by atoms with Gasteiger partial charge in [-0.3, -0.25) is 0 Å². The third-order valence-electron chi connectivity index (χ3n) is 3.24. The SMILES string of the molecule is NC1CCC(OCCOc2ccc(Cl)cc2)CC1. The van der Waals surface area contributed by atoms with Crippen LogP contribution in [0, 0.1) is 0 Å². The molecule has 1 fully saturated rings. The van der Waals surface area contributed by atoms with Crippen molar-refractivity contribution < 1.29 is 9.47 Å². The summed E-state index contributed by atoms with van der Waals surface area (Å²) in [6, 6.07) is 7.74. The Kier molecular flexibility index (Phi) is 5.29. The molecule has 0 spiro atoms. The Morgan fingerprint density at radius 3 is 2.39 bits per heavy atom. The Hall–Kier alpha value is -0.770. The fourth-order valence-electron chi connectivity index (χ4n) is 2.16. The summed E-state index contributed by atoms with van der Waals surface area (Å²) in [4.78, 5) is 0. The molecule has 3 nitrogen and oxygen atoms in total. The van der Waals surface area contributed by atoms with E-state index >= 15 is 0 Å². The lowest BCUT2D eigenvalue weighted by molar-refractivity contribution is 0.0102. The van der Waals surface area contributed by atoms with Crippen LogP contribution in [0.15, 0.2) is 24.3 Å². The van der Waals surface area contributed by atoms with E-state index in [2.05, 4.69) is 0 Å². The normalized spacial score (nSPS) is 23.9. The van der Waals surface area contributed by atoms with Crippen LogP contribution >= 0.6 is 11.6 Å². The third kappa shape index (κ3) is 4.48. The summed E-state index contributed by atoms with van der Waals surface area (Å²) in [5.41, 5.74) is 5.85. The van der Waals surface area contributed by atoms with E-state index in [-0.39, 0.29) is 0 Å². The van der Waals surface area contributed by atoms with Crippen molar-refractivity contribution in [3.63, 3.8) is 0 Å². The van der Waals surface area contributed by atoms with E-state index in [9.17, 15) is 0 Å². The molecule has 0 atom stereocenters. The van der Waals surface area contributed by atoms with Gasteiger partial charge in [0.2, 0.25) is 0 Å². The molecular formula is C14H20ClNO2. The molecule has 1 aliphatic carbocycles. The van der Waals surface area contributed by atoms with E-state index in [1.54, 1.807) is 0 Å². The van der Waals surface area contributed by atoms with Crippen molar-refractivity contribution in [3.05, 3.63) is 29.3 Å². The lowest BCUT2D eigenvalue weighted by Gasteiger charge is -2.26. The van der Waals surface area contributed by atoms with Crippen LogP contribution in [-0.4, -0.2) is 25.4 Å². The second-order valence-electron chi connectivity index (χ2n) is 4.71. The van der Waals surface area contributed by atoms with Crippen molar-refractivity contribution in [2.24, 2.45) is 5.73 Å². The highest BCUT2D eigenvalue weighted by atomic mass is 35.5. The summed E-state index contributed by atoms with van der Waals surface area (Å²) < 4.78 is 11.3. The van der Waals surface area contributed by atoms with Crippen molar-refractivity contribution in [1.29, 1.82) is 0 Å². The number of hydrogen-bond acceptors (Lipinski definition) is 3. The van der Waals surface area contributed by atoms with Crippen molar-refractivity contribution in [1.82, 2.24) is 0 Å². The van der Waals surface area contributed by atoms with Crippen molar-refractivity contribution >= 4 is 11.6 Å². The molecule has 0 aliphatic heterocycles. The molecule has 0 saturated heterocycles. The van der Waals surface area contributed by atoms with E-state index < -0.39 is 0 Å². The average molecular weight is 270 g/mol. The number of ether oxygens (including phenoxy) is 2. The van der Waals surface area contributed by atoms with Crippen molar-refractivity contribution in [3.8, 4) is 5.75 Å². The Bertz CT molecular complexity index is 347. The van der Waals surface area contributed by atoms with Crippen LogP contribution in [0.4, 0.5) is 0 Å². The first kappa shape index (κ1) is 13.7. The molecule has 2 rings (SSSR count). The van der Waals surface area contributed by atoms with Gasteiger partial charge in [-0.05, 0) is 49.9 Å². The zero-order valence-corrected chi connectivity index (χ0v) is 11.2. The minimum Gasteiger partial charge on any atom is -0.491 e. The van der Waals surface area contributed by atoms with E-state index in [0.29, 0.717) is 25.4 Å². The molecule has 0 amide bonds. The maximum Gasteiger partial charge on any atom is 0.119 e. The topological polar surface area (TPSA) is 44.5 Å². The summed E-state index contributed by atoms with van der Waals surface area (Å²) in [6.45, 7) is 1.20. The molecule has 0 bridgehead atoms. The molecule has 0 unspecified atom stereocenters. The minimum absolute atomic E-state index is 0.360. The zero-order valence-electron chi connectivity index (χ0n) is 10.5. The lowest BCUT2D eigenvalue weighted by Crippen LogP contribution is -2.30. The zero-order chi connectivity index (χ0) is 12.8. The van der Waals surface area contributed by atoms with Gasteiger partial charge in [-0.2, -0.15) is 0 Å². The second kappa shape index (κ2) is 6.98. The minimum atomic E-state index is 0.360. The molecule has 0 heterocycles. The molecule has 4 heteroatoms. The highest BCUT2D eigenvalue weighted by Gasteiger charge is 2.18. The van der Waals surface area contributed by atoms with Gasteiger partial charge in [0.15, 0.2) is 0 Å². The molecule has 1 aromatic rings. The smallest absolute Gasteiger partial charge is 0.119 e. The molecule has 100 valence electrons. The van der Waals surface area contributed by atoms with Gasteiger partial charge < -0.3 is 15.2 Å². The van der Waals surface area contributed by atoms with E-state index in [1.807, 2.05) is 24.3 Å². The lowest BCUT2D eigenvalue weighted by atomic mass is 9.94. The Labute approximate surface area is 113 Å². The van der Waals surface area contributed by atoms with Gasteiger partial charge in [0.05, 0.1) is 12.7 Å². The highest BCUT2D eigenvalue weighted by Crippen LogP contribution is 2.20. The number of halogens is 1. The Morgan fingerprint density at radius 1 is 1.06 bits per heavy atom. The molecule has 0 aromatic heterocycles. The standard InChI is InChI=1S/C14H20ClNO2/c15-11-1-5-13(6-2-11)17-9-10-18-14-7-3-12(16)4-8-14/h1-2,5-6,12,14H,3-4,7-10,16H2. The number of nitrogens with two attached hydrogens (primary N) is 1. The Morgan fingerprint density at radius 2 is 1.72 bits per heavy atom. The monoisotopic (exact) mass is 269 g/mol. The van der Waals surface area contributed by atoms with Crippen LogP contribution in [0.1, 0.15) is 25.7 Å². The summed E-state index contributed by atoms with van der Waals surface area (Å²) in [6.07, 6.45) is 4.65. The van der Waals surface area contributed by atoms with Crippen molar-refractivity contribution in [2.75, 3.05) is 13.2 Å². The number of rotatable bonds is 5. The first-order valence-electron chi connectivity index (χ1n) is 6.49. The van der Waals surface area contributed by atoms with Gasteiger partial charge in [0.25, 0.3) is 0 Å².